The van der Waals surface area contributed by atoms with Gasteiger partial charge in [0, 0.05) is 11.3 Å². The van der Waals surface area contributed by atoms with Gasteiger partial charge in [-0.2, -0.15) is 5.10 Å². The van der Waals surface area contributed by atoms with E-state index in [4.69, 9.17) is 0 Å². The third-order valence-electron chi connectivity index (χ3n) is 4.81. The SMILES string of the molecule is CCCc1ccc(N2C(=O)C(=NNc3cccc(Br)c3O)c3ccccc32)cc1. The first-order chi connectivity index (χ1) is 14.1. The van der Waals surface area contributed by atoms with Crippen LogP contribution in [0.1, 0.15) is 24.5 Å². The topological polar surface area (TPSA) is 64.9 Å². The number of fused-ring (bicyclic) bond motifs is 1. The lowest BCUT2D eigenvalue weighted by atomic mass is 10.1. The number of hydrogen-bond donors (Lipinski definition) is 2. The van der Waals surface area contributed by atoms with Crippen LogP contribution in [0.2, 0.25) is 0 Å². The minimum absolute atomic E-state index is 0.0407. The number of rotatable bonds is 5. The molecule has 0 radical (unpaired) electrons. The van der Waals surface area contributed by atoms with E-state index in [1.54, 1.807) is 23.1 Å². The minimum Gasteiger partial charge on any atom is -0.505 e. The molecule has 5 nitrogen and oxygen atoms in total. The van der Waals surface area contributed by atoms with Crippen LogP contribution >= 0.6 is 15.9 Å². The highest BCUT2D eigenvalue weighted by Gasteiger charge is 2.35. The molecule has 0 aromatic heterocycles. The minimum atomic E-state index is -0.212. The molecule has 0 saturated carbocycles. The van der Waals surface area contributed by atoms with Crippen LogP contribution in [0, 0.1) is 0 Å². The summed E-state index contributed by atoms with van der Waals surface area (Å²) >= 11 is 3.28. The Labute approximate surface area is 177 Å². The highest BCUT2D eigenvalue weighted by atomic mass is 79.9. The molecule has 6 heteroatoms. The molecular formula is C23H20BrN3O2. The summed E-state index contributed by atoms with van der Waals surface area (Å²) in [6, 6.07) is 20.8. The van der Waals surface area contributed by atoms with Crippen LogP contribution in [0.5, 0.6) is 5.75 Å². The van der Waals surface area contributed by atoms with Gasteiger partial charge >= 0.3 is 0 Å². The van der Waals surface area contributed by atoms with E-state index < -0.39 is 0 Å². The smallest absolute Gasteiger partial charge is 0.283 e. The van der Waals surface area contributed by atoms with Crippen LogP contribution in [0.15, 0.2) is 76.3 Å². The van der Waals surface area contributed by atoms with Gasteiger partial charge < -0.3 is 5.11 Å². The molecule has 0 spiro atoms. The molecule has 1 aliphatic heterocycles. The van der Waals surface area contributed by atoms with E-state index >= 15 is 0 Å². The van der Waals surface area contributed by atoms with Gasteiger partial charge in [0.15, 0.2) is 11.5 Å². The van der Waals surface area contributed by atoms with Crippen LogP contribution < -0.4 is 10.3 Å². The lowest BCUT2D eigenvalue weighted by Gasteiger charge is -2.17. The number of carbonyl (C=O) groups is 1. The Bertz CT molecular complexity index is 1090. The van der Waals surface area contributed by atoms with Crippen LogP contribution in [0.3, 0.4) is 0 Å². The van der Waals surface area contributed by atoms with E-state index in [-0.39, 0.29) is 11.7 Å². The fourth-order valence-electron chi connectivity index (χ4n) is 3.39. The van der Waals surface area contributed by atoms with E-state index in [0.717, 1.165) is 29.8 Å². The molecule has 1 aliphatic rings. The van der Waals surface area contributed by atoms with Crippen molar-refractivity contribution in [2.24, 2.45) is 5.10 Å². The fraction of sp³-hybridized carbons (Fsp3) is 0.130. The molecule has 3 aromatic rings. The predicted molar refractivity (Wildman–Crippen MR) is 120 cm³/mol. The molecule has 3 aromatic carbocycles. The first kappa shape index (κ1) is 19.2. The van der Waals surface area contributed by atoms with Crippen molar-refractivity contribution in [3.63, 3.8) is 0 Å². The number of hydrogen-bond acceptors (Lipinski definition) is 4. The van der Waals surface area contributed by atoms with Crippen molar-refractivity contribution in [1.29, 1.82) is 0 Å². The van der Waals surface area contributed by atoms with Gasteiger partial charge in [-0.1, -0.05) is 49.7 Å². The Hall–Kier alpha value is -3.12. The zero-order valence-corrected chi connectivity index (χ0v) is 17.5. The number of nitrogens with zero attached hydrogens (tertiary/aromatic N) is 2. The van der Waals surface area contributed by atoms with Crippen LogP contribution in [0.25, 0.3) is 0 Å². The number of nitrogens with one attached hydrogen (secondary N) is 1. The largest absolute Gasteiger partial charge is 0.505 e. The molecule has 0 aliphatic carbocycles. The average molecular weight is 450 g/mol. The highest BCUT2D eigenvalue weighted by Crippen LogP contribution is 2.36. The fourth-order valence-corrected chi connectivity index (χ4v) is 3.75. The zero-order chi connectivity index (χ0) is 20.4. The van der Waals surface area contributed by atoms with Crippen molar-refractivity contribution in [3.8, 4) is 5.75 Å². The number of phenols is 1. The number of hydrazone groups is 1. The number of aryl methyl sites for hydroxylation is 1. The average Bonchev–Trinajstić information content (AvgIpc) is 3.01. The molecular weight excluding hydrogens is 430 g/mol. The molecule has 29 heavy (non-hydrogen) atoms. The van der Waals surface area contributed by atoms with Crippen molar-refractivity contribution in [3.05, 3.63) is 82.3 Å². The molecule has 0 bridgehead atoms. The standard InChI is InChI=1S/C23H20BrN3O2/c1-2-6-15-11-13-16(14-12-15)27-20-10-4-3-7-17(20)21(23(27)29)26-25-19-9-5-8-18(24)22(19)28/h3-5,7-14,25,28H,2,6H2,1H3. The summed E-state index contributed by atoms with van der Waals surface area (Å²) in [6.07, 6.45) is 2.09. The van der Waals surface area contributed by atoms with Gasteiger partial charge in [0.1, 0.15) is 0 Å². The molecule has 0 unspecified atom stereocenters. The summed E-state index contributed by atoms with van der Waals surface area (Å²) < 4.78 is 0.551. The number of phenolic OH excluding ortho intramolecular Hbond substituents is 1. The monoisotopic (exact) mass is 449 g/mol. The molecule has 4 rings (SSSR count). The van der Waals surface area contributed by atoms with Crippen molar-refractivity contribution in [2.45, 2.75) is 19.8 Å². The maximum absolute atomic E-state index is 13.2. The van der Waals surface area contributed by atoms with Gasteiger partial charge in [-0.15, -0.1) is 0 Å². The Morgan fingerprint density at radius 2 is 1.79 bits per heavy atom. The number of amides is 1. The van der Waals surface area contributed by atoms with Gasteiger partial charge in [-0.25, -0.2) is 0 Å². The van der Waals surface area contributed by atoms with Gasteiger partial charge in [0.05, 0.1) is 15.8 Å². The van der Waals surface area contributed by atoms with Gasteiger partial charge in [0.25, 0.3) is 5.91 Å². The van der Waals surface area contributed by atoms with E-state index in [1.165, 1.54) is 5.56 Å². The summed E-state index contributed by atoms with van der Waals surface area (Å²) in [6.45, 7) is 2.15. The number of carbonyl (C=O) groups excluding carboxylic acids is 1. The summed E-state index contributed by atoms with van der Waals surface area (Å²) in [5.41, 5.74) is 7.13. The molecule has 2 N–H and O–H groups in total. The Morgan fingerprint density at radius 3 is 2.55 bits per heavy atom. The number of aromatic hydroxyl groups is 1. The Balaban J connectivity index is 1.70. The third-order valence-corrected chi connectivity index (χ3v) is 5.45. The molecule has 0 atom stereocenters. The maximum atomic E-state index is 13.2. The van der Waals surface area contributed by atoms with Crippen molar-refractivity contribution in [2.75, 3.05) is 10.3 Å². The second-order valence-electron chi connectivity index (χ2n) is 6.78. The summed E-state index contributed by atoms with van der Waals surface area (Å²) in [5.74, 6) is -0.171. The molecule has 1 amide bonds. The van der Waals surface area contributed by atoms with Crippen LogP contribution in [0.4, 0.5) is 17.1 Å². The van der Waals surface area contributed by atoms with Crippen molar-refractivity contribution >= 4 is 44.6 Å². The van der Waals surface area contributed by atoms with Crippen molar-refractivity contribution < 1.29 is 9.90 Å². The normalized spacial score (nSPS) is 14.3. The molecule has 0 fully saturated rings. The van der Waals surface area contributed by atoms with Crippen LogP contribution in [-0.4, -0.2) is 16.7 Å². The van der Waals surface area contributed by atoms with Crippen LogP contribution in [-0.2, 0) is 11.2 Å². The summed E-state index contributed by atoms with van der Waals surface area (Å²) in [5, 5.41) is 14.5. The maximum Gasteiger partial charge on any atom is 0.283 e. The second-order valence-corrected chi connectivity index (χ2v) is 7.64. The van der Waals surface area contributed by atoms with Gasteiger partial charge in [0.2, 0.25) is 0 Å². The number of anilines is 3. The quantitative estimate of drug-likeness (QED) is 0.393. The highest BCUT2D eigenvalue weighted by molar-refractivity contribution is 9.10. The number of para-hydroxylation sites is 2. The summed E-state index contributed by atoms with van der Waals surface area (Å²) in [7, 11) is 0. The molecule has 1 heterocycles. The zero-order valence-electron chi connectivity index (χ0n) is 15.9. The van der Waals surface area contributed by atoms with E-state index in [1.807, 2.05) is 36.4 Å². The van der Waals surface area contributed by atoms with Crippen molar-refractivity contribution in [1.82, 2.24) is 0 Å². The summed E-state index contributed by atoms with van der Waals surface area (Å²) in [4.78, 5) is 14.9. The number of halogens is 1. The first-order valence-electron chi connectivity index (χ1n) is 9.44. The second kappa shape index (κ2) is 8.09. The predicted octanol–water partition coefficient (Wildman–Crippen LogP) is 5.60. The Morgan fingerprint density at radius 1 is 1.03 bits per heavy atom. The lowest BCUT2D eigenvalue weighted by molar-refractivity contribution is -0.111. The lowest BCUT2D eigenvalue weighted by Crippen LogP contribution is -2.26. The molecule has 0 saturated heterocycles. The van der Waals surface area contributed by atoms with E-state index in [2.05, 4.69) is 45.5 Å². The van der Waals surface area contributed by atoms with Gasteiger partial charge in [-0.3, -0.25) is 15.1 Å². The Kier molecular flexibility index (Phi) is 5.36. The van der Waals surface area contributed by atoms with E-state index in [0.29, 0.717) is 15.9 Å². The van der Waals surface area contributed by atoms with Gasteiger partial charge in [-0.05, 0) is 58.2 Å². The third kappa shape index (κ3) is 3.63. The number of benzene rings is 3. The molecule has 146 valence electrons. The first-order valence-corrected chi connectivity index (χ1v) is 10.2. The van der Waals surface area contributed by atoms with E-state index in [9.17, 15) is 9.90 Å².